The van der Waals surface area contributed by atoms with Gasteiger partial charge >= 0.3 is 0 Å². The van der Waals surface area contributed by atoms with Gasteiger partial charge in [-0.05, 0) is 20.3 Å². The number of carbonyl (C=O) groups is 1. The molecule has 0 aromatic carbocycles. The fourth-order valence-corrected chi connectivity index (χ4v) is 2.37. The van der Waals surface area contributed by atoms with E-state index in [9.17, 15) is 4.79 Å². The van der Waals surface area contributed by atoms with Crippen molar-refractivity contribution < 1.29 is 4.79 Å². The molecule has 0 aliphatic rings. The maximum absolute atomic E-state index is 11.9. The van der Waals surface area contributed by atoms with Crippen molar-refractivity contribution in [3.63, 3.8) is 0 Å². The number of rotatable bonds is 8. The molecule has 22 heavy (non-hydrogen) atoms. The molecule has 0 spiro atoms. The van der Waals surface area contributed by atoms with Crippen molar-refractivity contribution in [2.45, 2.75) is 33.6 Å². The third-order valence-electron chi connectivity index (χ3n) is 2.78. The molecule has 1 aromatic rings. The minimum absolute atomic E-state index is 0. The number of thiazole rings is 1. The van der Waals surface area contributed by atoms with Gasteiger partial charge in [-0.25, -0.2) is 4.98 Å². The normalized spacial score (nSPS) is 10.8. The second-order valence-electron chi connectivity index (χ2n) is 4.56. The Labute approximate surface area is 153 Å². The summed E-state index contributed by atoms with van der Waals surface area (Å²) in [5.74, 6) is 0.735. The van der Waals surface area contributed by atoms with Crippen LogP contribution in [0.1, 0.15) is 42.1 Å². The van der Waals surface area contributed by atoms with Crippen LogP contribution in [0.25, 0.3) is 0 Å². The lowest BCUT2D eigenvalue weighted by atomic mass is 10.3. The third kappa shape index (κ3) is 7.92. The Morgan fingerprint density at radius 2 is 2.00 bits per heavy atom. The molecule has 126 valence electrons. The number of aliphatic imine (C=N–C) groups is 1. The molecule has 0 aliphatic carbocycles. The number of amides is 1. The maximum atomic E-state index is 11.9. The Bertz CT molecular complexity index is 464. The Morgan fingerprint density at radius 3 is 2.59 bits per heavy atom. The van der Waals surface area contributed by atoms with Crippen LogP contribution in [0.2, 0.25) is 0 Å². The lowest BCUT2D eigenvalue weighted by molar-refractivity contribution is 0.0957. The Kier molecular flexibility index (Phi) is 12.1. The molecule has 1 heterocycles. The quantitative estimate of drug-likeness (QED) is 0.251. The van der Waals surface area contributed by atoms with E-state index < -0.39 is 0 Å². The minimum atomic E-state index is -0.0651. The van der Waals surface area contributed by atoms with Gasteiger partial charge in [0.05, 0.1) is 11.2 Å². The van der Waals surface area contributed by atoms with Crippen LogP contribution in [-0.2, 0) is 0 Å². The number of hydrogen-bond acceptors (Lipinski definition) is 4. The zero-order valence-corrected chi connectivity index (χ0v) is 16.6. The lowest BCUT2D eigenvalue weighted by Gasteiger charge is -2.11. The van der Waals surface area contributed by atoms with Gasteiger partial charge in [-0.2, -0.15) is 0 Å². The Hall–Kier alpha value is -0.900. The number of aromatic nitrogens is 1. The van der Waals surface area contributed by atoms with E-state index in [1.807, 2.05) is 13.8 Å². The number of halogens is 1. The molecule has 0 saturated carbocycles. The fourth-order valence-electron chi connectivity index (χ4n) is 1.65. The van der Waals surface area contributed by atoms with Crippen molar-refractivity contribution >= 4 is 47.2 Å². The predicted molar refractivity (Wildman–Crippen MR) is 103 cm³/mol. The molecule has 6 nitrogen and oxygen atoms in total. The van der Waals surface area contributed by atoms with Crippen LogP contribution in [0.15, 0.2) is 10.5 Å². The number of unbranched alkanes of at least 4 members (excludes halogenated alkanes) is 1. The first-order valence-electron chi connectivity index (χ1n) is 7.39. The summed E-state index contributed by atoms with van der Waals surface area (Å²) in [6.07, 6.45) is 2.21. The monoisotopic (exact) mass is 439 g/mol. The molecule has 3 N–H and O–H groups in total. The number of guanidine groups is 1. The molecular formula is C14H26IN5OS. The third-order valence-corrected chi connectivity index (χ3v) is 3.71. The summed E-state index contributed by atoms with van der Waals surface area (Å²) in [6, 6.07) is 0. The summed E-state index contributed by atoms with van der Waals surface area (Å²) in [6.45, 7) is 8.85. The van der Waals surface area contributed by atoms with E-state index >= 15 is 0 Å². The highest BCUT2D eigenvalue weighted by atomic mass is 127. The highest BCUT2D eigenvalue weighted by Crippen LogP contribution is 2.10. The average molecular weight is 439 g/mol. The van der Waals surface area contributed by atoms with Crippen LogP contribution in [-0.4, -0.2) is 43.0 Å². The van der Waals surface area contributed by atoms with Crippen molar-refractivity contribution in [3.05, 3.63) is 16.1 Å². The summed E-state index contributed by atoms with van der Waals surface area (Å²) in [4.78, 5) is 21.1. The molecule has 0 bridgehead atoms. The molecular weight excluding hydrogens is 413 g/mol. The summed E-state index contributed by atoms with van der Waals surface area (Å²) >= 11 is 1.36. The summed E-state index contributed by atoms with van der Waals surface area (Å²) in [5, 5.41) is 9.27. The topological polar surface area (TPSA) is 78.4 Å². The van der Waals surface area contributed by atoms with Gasteiger partial charge < -0.3 is 16.0 Å². The second-order valence-corrected chi connectivity index (χ2v) is 5.42. The second kappa shape index (κ2) is 12.6. The van der Waals surface area contributed by atoms with E-state index in [-0.39, 0.29) is 29.9 Å². The van der Waals surface area contributed by atoms with Crippen LogP contribution in [0.4, 0.5) is 0 Å². The zero-order chi connectivity index (χ0) is 15.5. The summed E-state index contributed by atoms with van der Waals surface area (Å²) < 4.78 is 0. The largest absolute Gasteiger partial charge is 0.357 e. The maximum Gasteiger partial charge on any atom is 0.263 e. The summed E-state index contributed by atoms with van der Waals surface area (Å²) in [7, 11) is 0. The van der Waals surface area contributed by atoms with E-state index in [0.717, 1.165) is 37.6 Å². The number of nitrogens with one attached hydrogen (secondary N) is 3. The van der Waals surface area contributed by atoms with Crippen molar-refractivity contribution in [1.29, 1.82) is 0 Å². The molecule has 0 aliphatic heterocycles. The average Bonchev–Trinajstić information content (AvgIpc) is 2.89. The predicted octanol–water partition coefficient (Wildman–Crippen LogP) is 2.15. The molecule has 0 radical (unpaired) electrons. The lowest BCUT2D eigenvalue weighted by Crippen LogP contribution is -2.41. The van der Waals surface area contributed by atoms with E-state index in [1.54, 1.807) is 5.51 Å². The smallest absolute Gasteiger partial charge is 0.263 e. The van der Waals surface area contributed by atoms with E-state index in [1.165, 1.54) is 11.3 Å². The van der Waals surface area contributed by atoms with Crippen molar-refractivity contribution in [2.24, 2.45) is 4.99 Å². The van der Waals surface area contributed by atoms with Gasteiger partial charge in [0.2, 0.25) is 0 Å². The van der Waals surface area contributed by atoms with Crippen LogP contribution in [0.3, 0.4) is 0 Å². The molecule has 8 heteroatoms. The first-order valence-corrected chi connectivity index (χ1v) is 8.27. The van der Waals surface area contributed by atoms with Gasteiger partial charge in [-0.1, -0.05) is 13.3 Å². The van der Waals surface area contributed by atoms with Gasteiger partial charge in [0.1, 0.15) is 4.88 Å². The van der Waals surface area contributed by atoms with Crippen molar-refractivity contribution in [3.8, 4) is 0 Å². The number of carbonyl (C=O) groups excluding carboxylic acids is 1. The van der Waals surface area contributed by atoms with E-state index in [2.05, 4.69) is 32.9 Å². The van der Waals surface area contributed by atoms with Crippen LogP contribution in [0.5, 0.6) is 0 Å². The zero-order valence-electron chi connectivity index (χ0n) is 13.4. The van der Waals surface area contributed by atoms with Crippen molar-refractivity contribution in [1.82, 2.24) is 20.9 Å². The molecule has 1 aromatic heterocycles. The van der Waals surface area contributed by atoms with Gasteiger partial charge in [0, 0.05) is 26.2 Å². The van der Waals surface area contributed by atoms with E-state index in [0.29, 0.717) is 18.0 Å². The Morgan fingerprint density at radius 1 is 1.27 bits per heavy atom. The van der Waals surface area contributed by atoms with Gasteiger partial charge in [0.15, 0.2) is 5.96 Å². The standard InChI is InChI=1S/C14H25N5OS.HI/c1-4-6-7-17-14(15-5-2)18-9-8-16-13(20)12-11(3)19-10-21-12;/h10H,4-9H2,1-3H3,(H,16,20)(H2,15,17,18);1H. The van der Waals surface area contributed by atoms with Crippen LogP contribution >= 0.6 is 35.3 Å². The highest BCUT2D eigenvalue weighted by molar-refractivity contribution is 14.0. The molecule has 0 unspecified atom stereocenters. The van der Waals surface area contributed by atoms with E-state index in [4.69, 9.17) is 0 Å². The van der Waals surface area contributed by atoms with Crippen LogP contribution < -0.4 is 16.0 Å². The fraction of sp³-hybridized carbons (Fsp3) is 0.643. The minimum Gasteiger partial charge on any atom is -0.357 e. The SMILES string of the molecule is CCCCN=C(NCC)NCCNC(=O)c1scnc1C.I. The van der Waals surface area contributed by atoms with Crippen LogP contribution in [0, 0.1) is 6.92 Å². The number of nitrogens with zero attached hydrogens (tertiary/aromatic N) is 2. The first-order chi connectivity index (χ1) is 10.2. The molecule has 1 rings (SSSR count). The molecule has 0 fully saturated rings. The molecule has 0 saturated heterocycles. The Balaban J connectivity index is 0.00000441. The summed E-state index contributed by atoms with van der Waals surface area (Å²) in [5.41, 5.74) is 2.46. The molecule has 1 amide bonds. The number of hydrogen-bond donors (Lipinski definition) is 3. The molecule has 0 atom stereocenters. The van der Waals surface area contributed by atoms with Gasteiger partial charge in [-0.3, -0.25) is 9.79 Å². The van der Waals surface area contributed by atoms with Gasteiger partial charge in [-0.15, -0.1) is 35.3 Å². The highest BCUT2D eigenvalue weighted by Gasteiger charge is 2.10. The van der Waals surface area contributed by atoms with Gasteiger partial charge in [0.25, 0.3) is 5.91 Å². The van der Waals surface area contributed by atoms with Crippen molar-refractivity contribution in [2.75, 3.05) is 26.2 Å². The number of aryl methyl sites for hydroxylation is 1. The first kappa shape index (κ1) is 21.1.